The number of ether oxygens (including phenoxy) is 1. The molecule has 1 saturated heterocycles. The van der Waals surface area contributed by atoms with Crippen LogP contribution in [0.2, 0.25) is 5.32 Å². The van der Waals surface area contributed by atoms with Gasteiger partial charge in [-0.3, -0.25) is 0 Å². The Kier molecular flexibility index (Phi) is 3.28. The van der Waals surface area contributed by atoms with Gasteiger partial charge in [0.25, 0.3) is 0 Å². The fourth-order valence-corrected chi connectivity index (χ4v) is 3.17. The molecule has 3 rings (SSSR count). The molecule has 0 bridgehead atoms. The molecule has 107 valence electrons. The Bertz CT molecular complexity index is 571. The van der Waals surface area contributed by atoms with Gasteiger partial charge in [-0.1, -0.05) is 0 Å². The standard InChI is InChI=1S/C11H15N5O3Se/c1-16(11-8(18)7(17)5(2-20)19-11)4-15-6-9(12)13-3-14-10(6)16/h3-5,7-8,11,17-18H,2H2,1H3,(H2,12,13,14)/q+1/t5-,7-,8-,11-,16?/m1/s1. The van der Waals surface area contributed by atoms with Crippen molar-refractivity contribution < 1.29 is 14.9 Å². The summed E-state index contributed by atoms with van der Waals surface area (Å²) in [7, 11) is 1.80. The summed E-state index contributed by atoms with van der Waals surface area (Å²) in [4.78, 5) is 12.3. The van der Waals surface area contributed by atoms with Crippen molar-refractivity contribution in [2.24, 2.45) is 4.99 Å². The van der Waals surface area contributed by atoms with Gasteiger partial charge in [0.1, 0.15) is 0 Å². The number of nitrogens with two attached hydrogens (primary N) is 1. The van der Waals surface area contributed by atoms with Crippen molar-refractivity contribution >= 4 is 39.7 Å². The maximum atomic E-state index is 10.2. The zero-order chi connectivity index (χ0) is 14.5. The molecule has 1 fully saturated rings. The van der Waals surface area contributed by atoms with Crippen molar-refractivity contribution in [3.8, 4) is 0 Å². The van der Waals surface area contributed by atoms with Crippen LogP contribution in [0.3, 0.4) is 0 Å². The molecule has 0 aromatic carbocycles. The third-order valence-corrected chi connectivity index (χ3v) is 4.43. The van der Waals surface area contributed by atoms with Crippen LogP contribution in [0.1, 0.15) is 0 Å². The number of anilines is 1. The van der Waals surface area contributed by atoms with Gasteiger partial charge in [-0.25, -0.2) is 0 Å². The van der Waals surface area contributed by atoms with Gasteiger partial charge in [0.05, 0.1) is 0 Å². The number of nitrogen functional groups attached to an aromatic ring is 1. The number of aliphatic hydroxyl groups is 2. The molecule has 0 aliphatic carbocycles. The van der Waals surface area contributed by atoms with Crippen LogP contribution in [0.5, 0.6) is 0 Å². The van der Waals surface area contributed by atoms with Gasteiger partial charge in [-0.15, -0.1) is 0 Å². The van der Waals surface area contributed by atoms with Crippen LogP contribution in [-0.4, -0.2) is 74.1 Å². The third kappa shape index (κ3) is 1.79. The minimum atomic E-state index is -1.04. The van der Waals surface area contributed by atoms with E-state index in [1.54, 1.807) is 13.4 Å². The first-order chi connectivity index (χ1) is 9.49. The van der Waals surface area contributed by atoms with Crippen LogP contribution in [-0.2, 0) is 4.74 Å². The molecule has 1 unspecified atom stereocenters. The van der Waals surface area contributed by atoms with Crippen LogP contribution in [0.15, 0.2) is 11.3 Å². The molecule has 0 spiro atoms. The van der Waals surface area contributed by atoms with Crippen LogP contribution in [0.25, 0.3) is 0 Å². The first kappa shape index (κ1) is 13.9. The predicted molar refractivity (Wildman–Crippen MR) is 73.5 cm³/mol. The van der Waals surface area contributed by atoms with E-state index < -0.39 is 24.5 Å². The maximum absolute atomic E-state index is 10.2. The Labute approximate surface area is 123 Å². The molecule has 1 aromatic heterocycles. The second-order valence-electron chi connectivity index (χ2n) is 5.04. The number of fused-ring (bicyclic) bond motifs is 1. The van der Waals surface area contributed by atoms with Crippen molar-refractivity contribution in [1.82, 2.24) is 14.5 Å². The summed E-state index contributed by atoms with van der Waals surface area (Å²) < 4.78 is 5.79. The molecule has 1 radical (unpaired) electrons. The summed E-state index contributed by atoms with van der Waals surface area (Å²) in [5.41, 5.74) is 6.25. The van der Waals surface area contributed by atoms with Crippen LogP contribution >= 0.6 is 0 Å². The van der Waals surface area contributed by atoms with Gasteiger partial charge in [-0.05, 0) is 0 Å². The normalized spacial score (nSPS) is 39.2. The van der Waals surface area contributed by atoms with E-state index in [4.69, 9.17) is 10.5 Å². The molecule has 5 atom stereocenters. The molecule has 2 aliphatic heterocycles. The number of hydrogen-bond donors (Lipinski definition) is 3. The average Bonchev–Trinajstić information content (AvgIpc) is 2.92. The van der Waals surface area contributed by atoms with Crippen LogP contribution in [0.4, 0.5) is 17.3 Å². The first-order valence-electron chi connectivity index (χ1n) is 6.11. The van der Waals surface area contributed by atoms with E-state index in [2.05, 4.69) is 31.0 Å². The van der Waals surface area contributed by atoms with E-state index in [-0.39, 0.29) is 10.3 Å². The number of quaternary nitrogens is 1. The molecule has 20 heavy (non-hydrogen) atoms. The quantitative estimate of drug-likeness (QED) is 0.454. The monoisotopic (exact) mass is 345 g/mol. The number of aliphatic hydroxyl groups excluding tert-OH is 2. The summed E-state index contributed by atoms with van der Waals surface area (Å²) in [5, 5.41) is 20.7. The van der Waals surface area contributed by atoms with Crippen molar-refractivity contribution in [2.45, 2.75) is 29.9 Å². The number of rotatable bonds is 2. The van der Waals surface area contributed by atoms with Crippen molar-refractivity contribution in [3.05, 3.63) is 6.33 Å². The zero-order valence-electron chi connectivity index (χ0n) is 10.7. The van der Waals surface area contributed by atoms with E-state index in [1.165, 1.54) is 6.33 Å². The van der Waals surface area contributed by atoms with Crippen LogP contribution in [0, 0.1) is 0 Å². The summed E-state index contributed by atoms with van der Waals surface area (Å²) in [5.74, 6) is 0.830. The molecule has 3 heterocycles. The van der Waals surface area contributed by atoms with E-state index >= 15 is 0 Å². The molecule has 9 heteroatoms. The Morgan fingerprint density at radius 2 is 2.15 bits per heavy atom. The Hall–Kier alpha value is -1.09. The molecule has 0 saturated carbocycles. The summed E-state index contributed by atoms with van der Waals surface area (Å²) in [6, 6.07) is 0. The fraction of sp³-hybridized carbons (Fsp3) is 0.545. The fourth-order valence-electron chi connectivity index (χ4n) is 2.59. The topological polar surface area (TPSA) is 114 Å². The molecular formula is C11H15N5O3Se+. The second-order valence-corrected chi connectivity index (χ2v) is 5.74. The zero-order valence-corrected chi connectivity index (χ0v) is 12.5. The molecule has 0 amide bonds. The van der Waals surface area contributed by atoms with Gasteiger partial charge in [-0.2, -0.15) is 0 Å². The second kappa shape index (κ2) is 4.73. The van der Waals surface area contributed by atoms with E-state index in [0.717, 1.165) is 0 Å². The Morgan fingerprint density at radius 3 is 2.80 bits per heavy atom. The predicted octanol–water partition coefficient (Wildman–Crippen LogP) is -1.30. The van der Waals surface area contributed by atoms with Gasteiger partial charge >= 0.3 is 123 Å². The molecule has 2 aliphatic rings. The summed E-state index contributed by atoms with van der Waals surface area (Å²) >= 11 is 2.81. The summed E-state index contributed by atoms with van der Waals surface area (Å²) in [6.07, 6.45) is -0.190. The number of aliphatic imine (C=N–C) groups is 1. The third-order valence-electron chi connectivity index (χ3n) is 3.74. The Morgan fingerprint density at radius 1 is 1.40 bits per heavy atom. The number of likely N-dealkylation sites (N-methyl/N-ethyl adjacent to an activating group) is 1. The molecular weight excluding hydrogens is 329 g/mol. The van der Waals surface area contributed by atoms with Gasteiger partial charge in [0, 0.05) is 0 Å². The van der Waals surface area contributed by atoms with Crippen molar-refractivity contribution in [1.29, 1.82) is 0 Å². The summed E-state index contributed by atoms with van der Waals surface area (Å²) in [6.45, 7) is 0. The van der Waals surface area contributed by atoms with E-state index in [0.29, 0.717) is 16.8 Å². The van der Waals surface area contributed by atoms with Gasteiger partial charge in [0.15, 0.2) is 0 Å². The number of aromatic nitrogens is 2. The van der Waals surface area contributed by atoms with Crippen LogP contribution < -0.4 is 10.2 Å². The van der Waals surface area contributed by atoms with E-state index in [9.17, 15) is 10.2 Å². The van der Waals surface area contributed by atoms with Gasteiger partial charge < -0.3 is 0 Å². The molecule has 1 aromatic rings. The van der Waals surface area contributed by atoms with E-state index in [1.807, 2.05) is 0 Å². The minimum absolute atomic E-state index is 0.0246. The molecule has 4 N–H and O–H groups in total. The van der Waals surface area contributed by atoms with Gasteiger partial charge in [0.2, 0.25) is 0 Å². The molecule has 8 nitrogen and oxygen atoms in total. The van der Waals surface area contributed by atoms with Crippen molar-refractivity contribution in [3.63, 3.8) is 0 Å². The number of hydrogen-bond acceptors (Lipinski definition) is 7. The average molecular weight is 344 g/mol. The number of nitrogens with zero attached hydrogens (tertiary/aromatic N) is 4. The first-order valence-corrected chi connectivity index (χ1v) is 7.32. The Balaban J connectivity index is 2.01. The SMILES string of the molecule is C[N+]1([C@@H]2O[C@H](C[Se])[C@@H](O)[C@H]2O)C=Nc2c(N)ncnc21. The van der Waals surface area contributed by atoms with Crippen molar-refractivity contribution in [2.75, 3.05) is 12.8 Å².